The topological polar surface area (TPSA) is 44.0 Å². The molecule has 0 aliphatic carbocycles. The molecule has 0 saturated carbocycles. The van der Waals surface area contributed by atoms with Gasteiger partial charge in [-0.3, -0.25) is 0 Å². The molecule has 0 bridgehead atoms. The van der Waals surface area contributed by atoms with Gasteiger partial charge in [0.05, 0.1) is 6.33 Å². The molecule has 1 saturated heterocycles. The van der Waals surface area contributed by atoms with Gasteiger partial charge in [-0.2, -0.15) is 0 Å². The minimum Gasteiger partial charge on any atom is -0.370 e. The van der Waals surface area contributed by atoms with Crippen LogP contribution in [0, 0.1) is 0 Å². The van der Waals surface area contributed by atoms with Crippen LogP contribution in [0.5, 0.6) is 0 Å². The van der Waals surface area contributed by atoms with Crippen molar-refractivity contribution in [3.05, 3.63) is 48.5 Å². The highest BCUT2D eigenvalue weighted by atomic mass is 15.2. The largest absolute Gasteiger partial charge is 0.370 e. The van der Waals surface area contributed by atoms with Gasteiger partial charge in [0, 0.05) is 49.7 Å². The first-order chi connectivity index (χ1) is 9.42. The van der Waals surface area contributed by atoms with Crippen molar-refractivity contribution in [2.45, 2.75) is 18.9 Å². The van der Waals surface area contributed by atoms with Crippen molar-refractivity contribution < 1.29 is 0 Å². The number of anilines is 1. The molecule has 100 valence electrons. The predicted octanol–water partition coefficient (Wildman–Crippen LogP) is 1.82. The fourth-order valence-electron chi connectivity index (χ4n) is 2.63. The Labute approximate surface area is 113 Å². The smallest absolute Gasteiger partial charge is 0.0921 e. The van der Waals surface area contributed by atoms with Gasteiger partial charge in [-0.25, -0.2) is 4.98 Å². The second-order valence-corrected chi connectivity index (χ2v) is 5.05. The third-order valence-electron chi connectivity index (χ3n) is 3.69. The number of benzene rings is 1. The second kappa shape index (κ2) is 5.89. The van der Waals surface area contributed by atoms with Crippen molar-refractivity contribution >= 4 is 5.69 Å². The van der Waals surface area contributed by atoms with Crippen LogP contribution >= 0.6 is 0 Å². The average molecular weight is 256 g/mol. The van der Waals surface area contributed by atoms with Crippen LogP contribution in [0.4, 0.5) is 5.69 Å². The Morgan fingerprint density at radius 3 is 3.00 bits per heavy atom. The Hall–Kier alpha value is -1.81. The van der Waals surface area contributed by atoms with Gasteiger partial charge in [0.1, 0.15) is 0 Å². The van der Waals surface area contributed by atoms with Crippen LogP contribution in [0.1, 0.15) is 12.1 Å². The predicted molar refractivity (Wildman–Crippen MR) is 77.4 cm³/mol. The molecular formula is C15H20N4. The van der Waals surface area contributed by atoms with E-state index in [2.05, 4.69) is 50.5 Å². The number of rotatable bonds is 5. The molecule has 1 aromatic carbocycles. The maximum atomic E-state index is 4.03. The van der Waals surface area contributed by atoms with Gasteiger partial charge in [0.15, 0.2) is 0 Å². The van der Waals surface area contributed by atoms with Crippen molar-refractivity contribution in [2.75, 3.05) is 24.5 Å². The maximum Gasteiger partial charge on any atom is 0.0921 e. The summed E-state index contributed by atoms with van der Waals surface area (Å²) in [7, 11) is 0. The number of hydrogen-bond acceptors (Lipinski definition) is 3. The third-order valence-corrected chi connectivity index (χ3v) is 3.69. The van der Waals surface area contributed by atoms with Crippen molar-refractivity contribution in [1.82, 2.24) is 15.3 Å². The Morgan fingerprint density at radius 2 is 2.21 bits per heavy atom. The number of H-pyrrole nitrogens is 1. The highest BCUT2D eigenvalue weighted by Crippen LogP contribution is 2.19. The van der Waals surface area contributed by atoms with Crippen molar-refractivity contribution in [1.29, 1.82) is 0 Å². The summed E-state index contributed by atoms with van der Waals surface area (Å²) in [5, 5.41) is 3.63. The van der Waals surface area contributed by atoms with Gasteiger partial charge in [0.25, 0.3) is 0 Å². The monoisotopic (exact) mass is 256 g/mol. The summed E-state index contributed by atoms with van der Waals surface area (Å²) in [4.78, 5) is 9.62. The van der Waals surface area contributed by atoms with E-state index in [9.17, 15) is 0 Å². The first kappa shape index (κ1) is 12.2. The average Bonchev–Trinajstić information content (AvgIpc) is 3.11. The van der Waals surface area contributed by atoms with E-state index < -0.39 is 0 Å². The summed E-state index contributed by atoms with van der Waals surface area (Å²) in [5.74, 6) is 0. The van der Waals surface area contributed by atoms with Crippen LogP contribution in [-0.2, 0) is 6.42 Å². The van der Waals surface area contributed by atoms with E-state index in [4.69, 9.17) is 0 Å². The number of nitrogens with zero attached hydrogens (tertiary/aromatic N) is 2. The molecular weight excluding hydrogens is 236 g/mol. The van der Waals surface area contributed by atoms with Crippen LogP contribution in [0.3, 0.4) is 0 Å². The molecule has 0 spiro atoms. The molecule has 2 heterocycles. The number of hydrogen-bond donors (Lipinski definition) is 2. The molecule has 3 rings (SSSR count). The molecule has 2 N–H and O–H groups in total. The molecule has 4 nitrogen and oxygen atoms in total. The summed E-state index contributed by atoms with van der Waals surface area (Å²) < 4.78 is 0. The summed E-state index contributed by atoms with van der Waals surface area (Å²) >= 11 is 0. The number of aromatic nitrogens is 2. The zero-order chi connectivity index (χ0) is 12.9. The minimum absolute atomic E-state index is 0.600. The standard InChI is InChI=1S/C15H20N4/c1-2-4-15(5-3-1)19-9-7-14(11-19)17-8-6-13-10-16-12-18-13/h1-5,10,12,14,17H,6-9,11H2,(H,16,18). The van der Waals surface area contributed by atoms with Crippen LogP contribution in [0.25, 0.3) is 0 Å². The van der Waals surface area contributed by atoms with E-state index in [0.717, 1.165) is 26.1 Å². The first-order valence-electron chi connectivity index (χ1n) is 6.92. The fraction of sp³-hybridized carbons (Fsp3) is 0.400. The quantitative estimate of drug-likeness (QED) is 0.857. The lowest BCUT2D eigenvalue weighted by molar-refractivity contribution is 0.552. The van der Waals surface area contributed by atoms with E-state index in [1.54, 1.807) is 6.33 Å². The molecule has 1 fully saturated rings. The maximum absolute atomic E-state index is 4.03. The number of imidazole rings is 1. The summed E-state index contributed by atoms with van der Waals surface area (Å²) in [5.41, 5.74) is 2.53. The molecule has 1 atom stereocenters. The first-order valence-corrected chi connectivity index (χ1v) is 6.92. The minimum atomic E-state index is 0.600. The molecule has 1 aliphatic heterocycles. The van der Waals surface area contributed by atoms with Gasteiger partial charge in [-0.1, -0.05) is 18.2 Å². The summed E-state index contributed by atoms with van der Waals surface area (Å²) in [6.45, 7) is 3.26. The Morgan fingerprint density at radius 1 is 1.32 bits per heavy atom. The zero-order valence-electron chi connectivity index (χ0n) is 11.0. The van der Waals surface area contributed by atoms with Crippen LogP contribution < -0.4 is 10.2 Å². The van der Waals surface area contributed by atoms with E-state index in [-0.39, 0.29) is 0 Å². The van der Waals surface area contributed by atoms with Gasteiger partial charge in [-0.05, 0) is 18.6 Å². The fourth-order valence-corrected chi connectivity index (χ4v) is 2.63. The molecule has 1 unspecified atom stereocenters. The number of aromatic amines is 1. The molecule has 0 radical (unpaired) electrons. The highest BCUT2D eigenvalue weighted by molar-refractivity contribution is 5.47. The highest BCUT2D eigenvalue weighted by Gasteiger charge is 2.21. The molecule has 1 aromatic heterocycles. The summed E-state index contributed by atoms with van der Waals surface area (Å²) in [6.07, 6.45) is 5.87. The van der Waals surface area contributed by atoms with E-state index in [1.807, 2.05) is 6.20 Å². The molecule has 2 aromatic rings. The van der Waals surface area contributed by atoms with E-state index in [1.165, 1.54) is 17.8 Å². The van der Waals surface area contributed by atoms with Crippen molar-refractivity contribution in [2.24, 2.45) is 0 Å². The Balaban J connectivity index is 1.44. The molecule has 4 heteroatoms. The lowest BCUT2D eigenvalue weighted by atomic mass is 10.2. The van der Waals surface area contributed by atoms with Gasteiger partial charge < -0.3 is 15.2 Å². The Bertz CT molecular complexity index is 480. The van der Waals surface area contributed by atoms with E-state index >= 15 is 0 Å². The van der Waals surface area contributed by atoms with Crippen LogP contribution in [0.2, 0.25) is 0 Å². The second-order valence-electron chi connectivity index (χ2n) is 5.05. The van der Waals surface area contributed by atoms with Crippen molar-refractivity contribution in [3.63, 3.8) is 0 Å². The lowest BCUT2D eigenvalue weighted by Crippen LogP contribution is -2.33. The van der Waals surface area contributed by atoms with Crippen LogP contribution in [0.15, 0.2) is 42.9 Å². The normalized spacial score (nSPS) is 18.9. The zero-order valence-corrected chi connectivity index (χ0v) is 11.0. The summed E-state index contributed by atoms with van der Waals surface area (Å²) in [6, 6.07) is 11.3. The van der Waals surface area contributed by atoms with Gasteiger partial charge >= 0.3 is 0 Å². The molecule has 0 amide bonds. The van der Waals surface area contributed by atoms with Gasteiger partial charge in [0.2, 0.25) is 0 Å². The molecule has 1 aliphatic rings. The van der Waals surface area contributed by atoms with Crippen molar-refractivity contribution in [3.8, 4) is 0 Å². The third kappa shape index (κ3) is 3.15. The number of nitrogens with one attached hydrogen (secondary N) is 2. The Kier molecular flexibility index (Phi) is 3.79. The van der Waals surface area contributed by atoms with Gasteiger partial charge in [-0.15, -0.1) is 0 Å². The van der Waals surface area contributed by atoms with E-state index in [0.29, 0.717) is 6.04 Å². The number of para-hydroxylation sites is 1. The SMILES string of the molecule is c1ccc(N2CCC(NCCc3cnc[nH]3)C2)cc1. The lowest BCUT2D eigenvalue weighted by Gasteiger charge is -2.18. The molecule has 19 heavy (non-hydrogen) atoms. The van der Waals surface area contributed by atoms with Crippen LogP contribution in [-0.4, -0.2) is 35.6 Å².